The number of rotatable bonds is 4. The van der Waals surface area contributed by atoms with Crippen LogP contribution in [0.3, 0.4) is 0 Å². The number of aryl methyl sites for hydroxylation is 1. The highest BCUT2D eigenvalue weighted by molar-refractivity contribution is 7.15. The molecule has 2 rings (SSSR count). The standard InChI is InChI=1S/C11H10F3N3S/c1-2-9-16-17-11(18-9)15-5-6-3-7(12)10(14)8(13)4-6/h3-4H,2,5H2,1H3,(H,15,17). The Bertz CT molecular complexity index is 533. The van der Waals surface area contributed by atoms with Crippen molar-refractivity contribution in [3.8, 4) is 0 Å². The average molecular weight is 273 g/mol. The molecule has 18 heavy (non-hydrogen) atoms. The summed E-state index contributed by atoms with van der Waals surface area (Å²) in [6.07, 6.45) is 0.777. The van der Waals surface area contributed by atoms with Gasteiger partial charge in [0.05, 0.1) is 0 Å². The van der Waals surface area contributed by atoms with Crippen molar-refractivity contribution >= 4 is 16.5 Å². The lowest BCUT2D eigenvalue weighted by Crippen LogP contribution is -2.02. The van der Waals surface area contributed by atoms with Gasteiger partial charge in [-0.25, -0.2) is 13.2 Å². The van der Waals surface area contributed by atoms with E-state index in [1.165, 1.54) is 11.3 Å². The Hall–Kier alpha value is -1.63. The molecule has 7 heteroatoms. The number of aromatic nitrogens is 2. The molecule has 1 aromatic heterocycles. The molecule has 96 valence electrons. The summed E-state index contributed by atoms with van der Waals surface area (Å²) in [7, 11) is 0. The molecule has 2 aromatic rings. The second-order valence-corrected chi connectivity index (χ2v) is 4.64. The monoisotopic (exact) mass is 273 g/mol. The maximum Gasteiger partial charge on any atom is 0.205 e. The van der Waals surface area contributed by atoms with Crippen LogP contribution in [0.15, 0.2) is 12.1 Å². The molecule has 0 bridgehead atoms. The van der Waals surface area contributed by atoms with E-state index in [1.807, 2.05) is 6.92 Å². The first-order valence-corrected chi connectivity index (χ1v) is 6.11. The minimum atomic E-state index is -1.46. The fourth-order valence-electron chi connectivity index (χ4n) is 1.36. The summed E-state index contributed by atoms with van der Waals surface area (Å²) in [5, 5.41) is 12.1. The van der Waals surface area contributed by atoms with E-state index in [0.29, 0.717) is 10.7 Å². The summed E-state index contributed by atoms with van der Waals surface area (Å²) < 4.78 is 38.6. The first-order chi connectivity index (χ1) is 8.60. The van der Waals surface area contributed by atoms with Crippen molar-refractivity contribution in [2.24, 2.45) is 0 Å². The molecule has 0 aliphatic rings. The Morgan fingerprint density at radius 3 is 2.39 bits per heavy atom. The minimum absolute atomic E-state index is 0.159. The number of hydrogen-bond donors (Lipinski definition) is 1. The quantitative estimate of drug-likeness (QED) is 0.870. The topological polar surface area (TPSA) is 37.8 Å². The Morgan fingerprint density at radius 1 is 1.17 bits per heavy atom. The Labute approximate surface area is 106 Å². The van der Waals surface area contributed by atoms with Crippen molar-refractivity contribution in [2.45, 2.75) is 19.9 Å². The molecular formula is C11H10F3N3S. The third kappa shape index (κ3) is 2.79. The van der Waals surface area contributed by atoms with Gasteiger partial charge < -0.3 is 5.32 Å². The second kappa shape index (κ2) is 5.34. The van der Waals surface area contributed by atoms with Gasteiger partial charge in [-0.3, -0.25) is 0 Å². The van der Waals surface area contributed by atoms with E-state index in [9.17, 15) is 13.2 Å². The number of anilines is 1. The summed E-state index contributed by atoms with van der Waals surface area (Å²) in [6.45, 7) is 2.11. The lowest BCUT2D eigenvalue weighted by atomic mass is 10.2. The number of hydrogen-bond acceptors (Lipinski definition) is 4. The van der Waals surface area contributed by atoms with Gasteiger partial charge in [0.2, 0.25) is 5.13 Å². The number of halogens is 3. The van der Waals surface area contributed by atoms with Gasteiger partial charge in [-0.1, -0.05) is 18.3 Å². The predicted molar refractivity (Wildman–Crippen MR) is 62.9 cm³/mol. The Morgan fingerprint density at radius 2 is 1.83 bits per heavy atom. The largest absolute Gasteiger partial charge is 0.356 e. The third-order valence-corrected chi connectivity index (χ3v) is 3.28. The molecule has 1 aromatic carbocycles. The molecule has 1 heterocycles. The summed E-state index contributed by atoms with van der Waals surface area (Å²) >= 11 is 1.37. The van der Waals surface area contributed by atoms with Crippen molar-refractivity contribution < 1.29 is 13.2 Å². The first kappa shape index (κ1) is 12.8. The molecule has 0 fully saturated rings. The van der Waals surface area contributed by atoms with Crippen LogP contribution in [-0.4, -0.2) is 10.2 Å². The van der Waals surface area contributed by atoms with E-state index in [0.717, 1.165) is 23.6 Å². The molecule has 0 radical (unpaired) electrons. The Balaban J connectivity index is 2.06. The molecule has 0 atom stereocenters. The van der Waals surface area contributed by atoms with E-state index in [1.54, 1.807) is 0 Å². The molecule has 0 aliphatic heterocycles. The lowest BCUT2D eigenvalue weighted by Gasteiger charge is -2.03. The molecule has 0 saturated carbocycles. The van der Waals surface area contributed by atoms with Crippen molar-refractivity contribution in [3.63, 3.8) is 0 Å². The van der Waals surface area contributed by atoms with E-state index in [2.05, 4.69) is 15.5 Å². The van der Waals surface area contributed by atoms with Gasteiger partial charge in [0, 0.05) is 6.54 Å². The zero-order valence-electron chi connectivity index (χ0n) is 9.51. The lowest BCUT2D eigenvalue weighted by molar-refractivity contribution is 0.445. The molecule has 0 aliphatic carbocycles. The van der Waals surface area contributed by atoms with E-state index in [-0.39, 0.29) is 6.54 Å². The van der Waals surface area contributed by atoms with Gasteiger partial charge in [-0.2, -0.15) is 0 Å². The number of nitrogens with one attached hydrogen (secondary N) is 1. The molecule has 0 saturated heterocycles. The maximum atomic E-state index is 13.0. The van der Waals surface area contributed by atoms with Crippen LogP contribution in [0.25, 0.3) is 0 Å². The summed E-state index contributed by atoms with van der Waals surface area (Å²) in [6, 6.07) is 1.90. The van der Waals surface area contributed by atoms with E-state index >= 15 is 0 Å². The van der Waals surface area contributed by atoms with Gasteiger partial charge in [0.25, 0.3) is 0 Å². The van der Waals surface area contributed by atoms with Crippen LogP contribution >= 0.6 is 11.3 Å². The smallest absolute Gasteiger partial charge is 0.205 e. The summed E-state index contributed by atoms with van der Waals surface area (Å²) in [5.74, 6) is -3.85. The van der Waals surface area contributed by atoms with Crippen molar-refractivity contribution in [2.75, 3.05) is 5.32 Å². The van der Waals surface area contributed by atoms with Crippen LogP contribution < -0.4 is 5.32 Å². The molecule has 0 unspecified atom stereocenters. The van der Waals surface area contributed by atoms with Crippen LogP contribution in [0.4, 0.5) is 18.3 Å². The van der Waals surface area contributed by atoms with Crippen LogP contribution in [0, 0.1) is 17.5 Å². The van der Waals surface area contributed by atoms with E-state index in [4.69, 9.17) is 0 Å². The maximum absolute atomic E-state index is 13.0. The van der Waals surface area contributed by atoms with Gasteiger partial charge in [0.15, 0.2) is 17.5 Å². The molecular weight excluding hydrogens is 263 g/mol. The summed E-state index contributed by atoms with van der Waals surface area (Å²) in [4.78, 5) is 0. The van der Waals surface area contributed by atoms with E-state index < -0.39 is 17.5 Å². The zero-order valence-corrected chi connectivity index (χ0v) is 10.3. The van der Waals surface area contributed by atoms with Crippen molar-refractivity contribution in [3.05, 3.63) is 40.2 Å². The van der Waals surface area contributed by atoms with Gasteiger partial charge >= 0.3 is 0 Å². The first-order valence-electron chi connectivity index (χ1n) is 5.29. The van der Waals surface area contributed by atoms with Crippen LogP contribution in [0.5, 0.6) is 0 Å². The van der Waals surface area contributed by atoms with Gasteiger partial charge in [-0.05, 0) is 24.1 Å². The van der Waals surface area contributed by atoms with Gasteiger partial charge in [-0.15, -0.1) is 10.2 Å². The van der Waals surface area contributed by atoms with Crippen molar-refractivity contribution in [1.29, 1.82) is 0 Å². The molecule has 0 spiro atoms. The zero-order chi connectivity index (χ0) is 13.1. The average Bonchev–Trinajstić information content (AvgIpc) is 2.81. The highest BCUT2D eigenvalue weighted by atomic mass is 32.1. The number of benzene rings is 1. The fraction of sp³-hybridized carbons (Fsp3) is 0.273. The van der Waals surface area contributed by atoms with Crippen LogP contribution in [-0.2, 0) is 13.0 Å². The van der Waals surface area contributed by atoms with Gasteiger partial charge in [0.1, 0.15) is 5.01 Å². The van der Waals surface area contributed by atoms with Crippen LogP contribution in [0.1, 0.15) is 17.5 Å². The molecule has 3 nitrogen and oxygen atoms in total. The third-order valence-electron chi connectivity index (χ3n) is 2.26. The molecule has 1 N–H and O–H groups in total. The van der Waals surface area contributed by atoms with Crippen LogP contribution in [0.2, 0.25) is 0 Å². The second-order valence-electron chi connectivity index (χ2n) is 3.58. The highest BCUT2D eigenvalue weighted by Gasteiger charge is 2.10. The minimum Gasteiger partial charge on any atom is -0.356 e. The number of nitrogens with zero attached hydrogens (tertiary/aromatic N) is 2. The molecule has 0 amide bonds. The predicted octanol–water partition coefficient (Wildman–Crippen LogP) is 3.13. The Kier molecular flexibility index (Phi) is 3.81. The van der Waals surface area contributed by atoms with Crippen molar-refractivity contribution in [1.82, 2.24) is 10.2 Å². The SMILES string of the molecule is CCc1nnc(NCc2cc(F)c(F)c(F)c2)s1. The highest BCUT2D eigenvalue weighted by Crippen LogP contribution is 2.18. The fourth-order valence-corrected chi connectivity index (χ4v) is 2.03. The summed E-state index contributed by atoms with van der Waals surface area (Å²) in [5.41, 5.74) is 0.305. The normalized spacial score (nSPS) is 10.7.